The molecule has 0 aliphatic rings. The van der Waals surface area contributed by atoms with Gasteiger partial charge in [-0.1, -0.05) is 0 Å². The average Bonchev–Trinajstić information content (AvgIpc) is 2.47. The topological polar surface area (TPSA) is 130 Å². The maximum Gasteiger partial charge on any atom is 0.336 e. The number of carbonyl (C=O) groups is 3. The Morgan fingerprint density at radius 2 is 1.50 bits per heavy atom. The number of hydrogen-bond donors (Lipinski definition) is 4. The highest BCUT2D eigenvalue weighted by molar-refractivity contribution is 6.11. The van der Waals surface area contributed by atoms with Gasteiger partial charge in [-0.15, -0.1) is 0 Å². The predicted molar refractivity (Wildman–Crippen MR) is 79.2 cm³/mol. The first kappa shape index (κ1) is 15.0. The summed E-state index contributed by atoms with van der Waals surface area (Å²) in [5, 5.41) is 20.4. The van der Waals surface area contributed by atoms with Crippen LogP contribution in [-0.4, -0.2) is 28.1 Å². The third-order valence-electron chi connectivity index (χ3n) is 2.91. The number of anilines is 2. The molecule has 0 atom stereocenters. The maximum absolute atomic E-state index is 12.1. The summed E-state index contributed by atoms with van der Waals surface area (Å²) < 4.78 is 0. The quantitative estimate of drug-likeness (QED) is 0.638. The average molecular weight is 300 g/mol. The van der Waals surface area contributed by atoms with Crippen molar-refractivity contribution in [2.75, 3.05) is 11.1 Å². The van der Waals surface area contributed by atoms with Crippen LogP contribution in [0, 0.1) is 0 Å². The molecule has 0 saturated heterocycles. The van der Waals surface area contributed by atoms with Gasteiger partial charge < -0.3 is 21.3 Å². The Morgan fingerprint density at radius 3 is 2.05 bits per heavy atom. The van der Waals surface area contributed by atoms with E-state index in [1.165, 1.54) is 42.5 Å². The van der Waals surface area contributed by atoms with Crippen molar-refractivity contribution in [1.29, 1.82) is 0 Å². The molecule has 0 saturated carbocycles. The van der Waals surface area contributed by atoms with Gasteiger partial charge in [0.25, 0.3) is 5.91 Å². The van der Waals surface area contributed by atoms with Gasteiger partial charge in [-0.25, -0.2) is 9.59 Å². The summed E-state index contributed by atoms with van der Waals surface area (Å²) in [6.45, 7) is 0. The van der Waals surface area contributed by atoms with Crippen LogP contribution in [0.2, 0.25) is 0 Å². The number of carboxylic acids is 2. The first-order valence-electron chi connectivity index (χ1n) is 6.16. The molecule has 1 amide bonds. The molecule has 2 aromatic carbocycles. The Bertz CT molecular complexity index is 753. The van der Waals surface area contributed by atoms with Crippen LogP contribution in [0.5, 0.6) is 0 Å². The van der Waals surface area contributed by atoms with Crippen molar-refractivity contribution >= 4 is 29.2 Å². The molecule has 0 fully saturated rings. The summed E-state index contributed by atoms with van der Waals surface area (Å²) >= 11 is 0. The molecular formula is C15H12N2O5. The number of aromatic carboxylic acids is 2. The van der Waals surface area contributed by atoms with E-state index >= 15 is 0 Å². The van der Waals surface area contributed by atoms with Crippen molar-refractivity contribution < 1.29 is 24.6 Å². The minimum atomic E-state index is -1.27. The summed E-state index contributed by atoms with van der Waals surface area (Å²) in [5.41, 5.74) is 5.93. The number of carbonyl (C=O) groups excluding carboxylic acids is 1. The van der Waals surface area contributed by atoms with Gasteiger partial charge >= 0.3 is 11.9 Å². The highest BCUT2D eigenvalue weighted by Gasteiger charge is 2.17. The Hall–Kier alpha value is -3.35. The second-order valence-electron chi connectivity index (χ2n) is 4.45. The largest absolute Gasteiger partial charge is 0.478 e. The van der Waals surface area contributed by atoms with Crippen LogP contribution in [0.15, 0.2) is 42.5 Å². The molecule has 0 spiro atoms. The normalized spacial score (nSPS) is 10.0. The number of hydrogen-bond acceptors (Lipinski definition) is 4. The van der Waals surface area contributed by atoms with Crippen molar-refractivity contribution in [3.05, 3.63) is 59.2 Å². The van der Waals surface area contributed by atoms with Crippen LogP contribution >= 0.6 is 0 Å². The van der Waals surface area contributed by atoms with E-state index in [4.69, 9.17) is 15.9 Å². The second-order valence-corrected chi connectivity index (χ2v) is 4.45. The lowest BCUT2D eigenvalue weighted by atomic mass is 10.1. The number of benzene rings is 2. The van der Waals surface area contributed by atoms with Crippen LogP contribution in [0.4, 0.5) is 11.4 Å². The number of carboxylic acid groups (broad SMARTS) is 2. The fraction of sp³-hybridized carbons (Fsp3) is 0. The third kappa shape index (κ3) is 3.21. The van der Waals surface area contributed by atoms with Gasteiger partial charge in [0.1, 0.15) is 0 Å². The smallest absolute Gasteiger partial charge is 0.336 e. The third-order valence-corrected chi connectivity index (χ3v) is 2.91. The number of amides is 1. The van der Waals surface area contributed by atoms with Crippen molar-refractivity contribution in [3.63, 3.8) is 0 Å². The number of nitrogen functional groups attached to an aromatic ring is 1. The van der Waals surface area contributed by atoms with E-state index in [2.05, 4.69) is 5.32 Å². The standard InChI is InChI=1S/C15H12N2O5/c16-9-3-6-11(12(7-9)15(21)22)13(18)17-10-4-1-8(2-5-10)14(19)20/h1-7H,16H2,(H,17,18)(H,19,20)(H,21,22). The molecule has 0 aliphatic heterocycles. The van der Waals surface area contributed by atoms with Crippen LogP contribution in [0.25, 0.3) is 0 Å². The van der Waals surface area contributed by atoms with Gasteiger partial charge in [0, 0.05) is 11.4 Å². The zero-order valence-corrected chi connectivity index (χ0v) is 11.2. The van der Waals surface area contributed by atoms with Crippen molar-refractivity contribution in [1.82, 2.24) is 0 Å². The van der Waals surface area contributed by atoms with Gasteiger partial charge in [-0.2, -0.15) is 0 Å². The lowest BCUT2D eigenvalue weighted by Crippen LogP contribution is -2.16. The van der Waals surface area contributed by atoms with Crippen LogP contribution in [0.1, 0.15) is 31.1 Å². The molecule has 0 unspecified atom stereocenters. The number of nitrogens with one attached hydrogen (secondary N) is 1. The van der Waals surface area contributed by atoms with Crippen molar-refractivity contribution in [2.24, 2.45) is 0 Å². The predicted octanol–water partition coefficient (Wildman–Crippen LogP) is 1.92. The van der Waals surface area contributed by atoms with E-state index in [0.29, 0.717) is 5.69 Å². The molecule has 7 heteroatoms. The van der Waals surface area contributed by atoms with E-state index in [9.17, 15) is 14.4 Å². The molecule has 2 aromatic rings. The maximum atomic E-state index is 12.1. The molecular weight excluding hydrogens is 288 g/mol. The molecule has 112 valence electrons. The van der Waals surface area contributed by atoms with E-state index in [1.54, 1.807) is 0 Å². The number of rotatable bonds is 4. The molecule has 0 heterocycles. The molecule has 0 aliphatic carbocycles. The van der Waals surface area contributed by atoms with Crippen LogP contribution < -0.4 is 11.1 Å². The lowest BCUT2D eigenvalue weighted by molar-refractivity contribution is 0.0684. The Morgan fingerprint density at radius 1 is 0.864 bits per heavy atom. The van der Waals surface area contributed by atoms with Gasteiger partial charge in [0.05, 0.1) is 16.7 Å². The van der Waals surface area contributed by atoms with Crippen LogP contribution in [-0.2, 0) is 0 Å². The minimum absolute atomic E-state index is 0.0380. The van der Waals surface area contributed by atoms with E-state index < -0.39 is 17.8 Å². The molecule has 0 bridgehead atoms. The van der Waals surface area contributed by atoms with Crippen molar-refractivity contribution in [3.8, 4) is 0 Å². The summed E-state index contributed by atoms with van der Waals surface area (Å²) in [4.78, 5) is 34.0. The highest BCUT2D eigenvalue weighted by atomic mass is 16.4. The Labute approximate surface area is 125 Å². The van der Waals surface area contributed by atoms with E-state index in [1.807, 2.05) is 0 Å². The first-order valence-corrected chi connectivity index (χ1v) is 6.16. The molecule has 5 N–H and O–H groups in total. The van der Waals surface area contributed by atoms with E-state index in [0.717, 1.165) is 0 Å². The van der Waals surface area contributed by atoms with Crippen LogP contribution in [0.3, 0.4) is 0 Å². The fourth-order valence-corrected chi connectivity index (χ4v) is 1.83. The second kappa shape index (κ2) is 5.96. The van der Waals surface area contributed by atoms with E-state index in [-0.39, 0.29) is 22.4 Å². The van der Waals surface area contributed by atoms with Gasteiger partial charge in [0.2, 0.25) is 0 Å². The fourth-order valence-electron chi connectivity index (χ4n) is 1.83. The minimum Gasteiger partial charge on any atom is -0.478 e. The highest BCUT2D eigenvalue weighted by Crippen LogP contribution is 2.17. The first-order chi connectivity index (χ1) is 10.4. The van der Waals surface area contributed by atoms with Gasteiger partial charge in [-0.05, 0) is 42.5 Å². The van der Waals surface area contributed by atoms with Gasteiger partial charge in [0.15, 0.2) is 0 Å². The van der Waals surface area contributed by atoms with Gasteiger partial charge in [-0.3, -0.25) is 4.79 Å². The summed E-state index contributed by atoms with van der Waals surface area (Å²) in [5.74, 6) is -2.97. The summed E-state index contributed by atoms with van der Waals surface area (Å²) in [7, 11) is 0. The molecule has 22 heavy (non-hydrogen) atoms. The molecule has 0 radical (unpaired) electrons. The Kier molecular flexibility index (Phi) is 4.08. The zero-order valence-electron chi connectivity index (χ0n) is 11.2. The summed E-state index contributed by atoms with van der Waals surface area (Å²) in [6, 6.07) is 9.44. The molecule has 2 rings (SSSR count). The zero-order chi connectivity index (χ0) is 16.3. The monoisotopic (exact) mass is 300 g/mol. The lowest BCUT2D eigenvalue weighted by Gasteiger charge is -2.09. The Balaban J connectivity index is 2.26. The summed E-state index contributed by atoms with van der Waals surface area (Å²) in [6.07, 6.45) is 0. The molecule has 0 aromatic heterocycles. The SMILES string of the molecule is Nc1ccc(C(=O)Nc2ccc(C(=O)O)cc2)c(C(=O)O)c1. The molecule has 7 nitrogen and oxygen atoms in total. The number of nitrogens with two attached hydrogens (primary N) is 1. The van der Waals surface area contributed by atoms with Crippen molar-refractivity contribution in [2.45, 2.75) is 0 Å².